The Balaban J connectivity index is 2.96. The number of nitrogens with one attached hydrogen (secondary N) is 1. The second kappa shape index (κ2) is 6.05. The summed E-state index contributed by atoms with van der Waals surface area (Å²) in [6.45, 7) is 4.13. The molecule has 2 atom stereocenters. The van der Waals surface area contributed by atoms with Gasteiger partial charge in [-0.15, -0.1) is 0 Å². The highest BCUT2D eigenvalue weighted by Crippen LogP contribution is 2.25. The largest absolute Gasteiger partial charge is 0.313 e. The molecule has 0 radical (unpaired) electrons. The quantitative estimate of drug-likeness (QED) is 0.778. The van der Waals surface area contributed by atoms with E-state index in [1.165, 1.54) is 0 Å². The van der Waals surface area contributed by atoms with Gasteiger partial charge >= 0.3 is 0 Å². The summed E-state index contributed by atoms with van der Waals surface area (Å²) in [6.07, 6.45) is 1.75. The highest BCUT2D eigenvalue weighted by atomic mass is 19.2. The first kappa shape index (κ1) is 14.0. The fraction of sp³-hybridized carbons (Fsp3) is 0.538. The van der Waals surface area contributed by atoms with Crippen LogP contribution in [0.1, 0.15) is 38.3 Å². The Bertz CT molecular complexity index is 356. The predicted molar refractivity (Wildman–Crippen MR) is 62.2 cm³/mol. The summed E-state index contributed by atoms with van der Waals surface area (Å²) in [5.41, 5.74) is 0.448. The van der Waals surface area contributed by atoms with Crippen LogP contribution in [0.2, 0.25) is 0 Å². The molecule has 1 rings (SSSR count). The molecule has 0 heterocycles. The molecule has 96 valence electrons. The molecule has 0 spiro atoms. The Labute approximate surface area is 100 Å². The van der Waals surface area contributed by atoms with Gasteiger partial charge in [-0.3, -0.25) is 0 Å². The molecule has 1 aromatic carbocycles. The standard InChI is InChI=1S/C13H18F3N/c1-4-8(2)5-12(17-3)9-6-10(14)13(16)11(15)7-9/h6-8,12,17H,4-5H2,1-3H3. The Morgan fingerprint density at radius 1 is 1.18 bits per heavy atom. The molecular formula is C13H18F3N. The first-order chi connectivity index (χ1) is 7.99. The summed E-state index contributed by atoms with van der Waals surface area (Å²) >= 11 is 0. The highest BCUT2D eigenvalue weighted by molar-refractivity contribution is 5.22. The molecule has 4 heteroatoms. The van der Waals surface area contributed by atoms with E-state index in [0.717, 1.165) is 25.0 Å². The molecular weight excluding hydrogens is 227 g/mol. The molecule has 17 heavy (non-hydrogen) atoms. The molecule has 0 aliphatic carbocycles. The minimum absolute atomic E-state index is 0.158. The average molecular weight is 245 g/mol. The molecule has 0 saturated carbocycles. The van der Waals surface area contributed by atoms with Crippen molar-refractivity contribution < 1.29 is 13.2 Å². The first-order valence-corrected chi connectivity index (χ1v) is 5.81. The van der Waals surface area contributed by atoms with Gasteiger partial charge in [-0.1, -0.05) is 20.3 Å². The molecule has 2 unspecified atom stereocenters. The van der Waals surface area contributed by atoms with E-state index < -0.39 is 17.5 Å². The van der Waals surface area contributed by atoms with Crippen molar-refractivity contribution in [1.82, 2.24) is 5.32 Å². The van der Waals surface area contributed by atoms with Gasteiger partial charge in [0.2, 0.25) is 0 Å². The number of halogens is 3. The van der Waals surface area contributed by atoms with Crippen LogP contribution in [0, 0.1) is 23.4 Å². The van der Waals surface area contributed by atoms with Gasteiger partial charge in [0.15, 0.2) is 17.5 Å². The number of benzene rings is 1. The number of rotatable bonds is 5. The van der Waals surface area contributed by atoms with E-state index in [1.807, 2.05) is 0 Å². The summed E-state index contributed by atoms with van der Waals surface area (Å²) in [7, 11) is 1.73. The third-order valence-electron chi connectivity index (χ3n) is 3.09. The van der Waals surface area contributed by atoms with E-state index in [4.69, 9.17) is 0 Å². The van der Waals surface area contributed by atoms with Crippen molar-refractivity contribution in [2.24, 2.45) is 5.92 Å². The van der Waals surface area contributed by atoms with E-state index in [-0.39, 0.29) is 6.04 Å². The van der Waals surface area contributed by atoms with Gasteiger partial charge in [-0.2, -0.15) is 0 Å². The Kier molecular flexibility index (Phi) is 5.00. The second-order valence-corrected chi connectivity index (χ2v) is 4.39. The minimum Gasteiger partial charge on any atom is -0.313 e. The molecule has 1 nitrogen and oxygen atoms in total. The topological polar surface area (TPSA) is 12.0 Å². The molecule has 0 saturated heterocycles. The lowest BCUT2D eigenvalue weighted by atomic mass is 9.94. The zero-order valence-electron chi connectivity index (χ0n) is 10.4. The Morgan fingerprint density at radius 2 is 1.71 bits per heavy atom. The van der Waals surface area contributed by atoms with Crippen LogP contribution < -0.4 is 5.32 Å². The lowest BCUT2D eigenvalue weighted by Crippen LogP contribution is -2.19. The molecule has 0 bridgehead atoms. The summed E-state index contributed by atoms with van der Waals surface area (Å²) in [4.78, 5) is 0. The molecule has 0 aliphatic rings. The van der Waals surface area contributed by atoms with Crippen LogP contribution in [0.25, 0.3) is 0 Å². The van der Waals surface area contributed by atoms with E-state index in [9.17, 15) is 13.2 Å². The van der Waals surface area contributed by atoms with Crippen LogP contribution in [0.4, 0.5) is 13.2 Å². The fourth-order valence-electron chi connectivity index (χ4n) is 1.77. The van der Waals surface area contributed by atoms with Crippen molar-refractivity contribution in [3.63, 3.8) is 0 Å². The van der Waals surface area contributed by atoms with Crippen LogP contribution >= 0.6 is 0 Å². The maximum absolute atomic E-state index is 13.1. The SMILES string of the molecule is CCC(C)CC(NC)c1cc(F)c(F)c(F)c1. The summed E-state index contributed by atoms with van der Waals surface area (Å²) in [6, 6.07) is 1.96. The van der Waals surface area contributed by atoms with Gasteiger partial charge in [-0.25, -0.2) is 13.2 Å². The van der Waals surface area contributed by atoms with Crippen LogP contribution in [-0.4, -0.2) is 7.05 Å². The van der Waals surface area contributed by atoms with Crippen molar-refractivity contribution in [1.29, 1.82) is 0 Å². The first-order valence-electron chi connectivity index (χ1n) is 5.81. The average Bonchev–Trinajstić information content (AvgIpc) is 2.31. The fourth-order valence-corrected chi connectivity index (χ4v) is 1.77. The van der Waals surface area contributed by atoms with Gasteiger partial charge in [0, 0.05) is 6.04 Å². The van der Waals surface area contributed by atoms with Gasteiger partial charge in [0.1, 0.15) is 0 Å². The maximum Gasteiger partial charge on any atom is 0.194 e. The molecule has 0 aliphatic heterocycles. The van der Waals surface area contributed by atoms with E-state index in [1.54, 1.807) is 7.05 Å². The van der Waals surface area contributed by atoms with Crippen LogP contribution in [0.15, 0.2) is 12.1 Å². The molecule has 0 amide bonds. The van der Waals surface area contributed by atoms with Crippen molar-refractivity contribution >= 4 is 0 Å². The minimum atomic E-state index is -1.41. The van der Waals surface area contributed by atoms with Gasteiger partial charge < -0.3 is 5.32 Å². The van der Waals surface area contributed by atoms with Crippen LogP contribution in [0.5, 0.6) is 0 Å². The molecule has 1 aromatic rings. The van der Waals surface area contributed by atoms with Crippen molar-refractivity contribution in [3.8, 4) is 0 Å². The van der Waals surface area contributed by atoms with E-state index in [0.29, 0.717) is 11.5 Å². The van der Waals surface area contributed by atoms with Crippen LogP contribution in [-0.2, 0) is 0 Å². The molecule has 0 fully saturated rings. The Hall–Kier alpha value is -1.03. The molecule has 0 aromatic heterocycles. The summed E-state index contributed by atoms with van der Waals surface area (Å²) in [5.74, 6) is -3.25. The van der Waals surface area contributed by atoms with Crippen LogP contribution in [0.3, 0.4) is 0 Å². The third kappa shape index (κ3) is 3.46. The van der Waals surface area contributed by atoms with Crippen molar-refractivity contribution in [3.05, 3.63) is 35.1 Å². The highest BCUT2D eigenvalue weighted by Gasteiger charge is 2.17. The zero-order chi connectivity index (χ0) is 13.0. The lowest BCUT2D eigenvalue weighted by Gasteiger charge is -2.20. The summed E-state index contributed by atoms with van der Waals surface area (Å²) in [5, 5.41) is 3.00. The summed E-state index contributed by atoms with van der Waals surface area (Å²) < 4.78 is 39.1. The normalized spacial score (nSPS) is 14.7. The monoisotopic (exact) mass is 245 g/mol. The Morgan fingerprint density at radius 3 is 2.12 bits per heavy atom. The zero-order valence-corrected chi connectivity index (χ0v) is 10.4. The van der Waals surface area contributed by atoms with E-state index in [2.05, 4.69) is 19.2 Å². The van der Waals surface area contributed by atoms with E-state index >= 15 is 0 Å². The smallest absolute Gasteiger partial charge is 0.194 e. The second-order valence-electron chi connectivity index (χ2n) is 4.39. The number of hydrogen-bond donors (Lipinski definition) is 1. The maximum atomic E-state index is 13.1. The third-order valence-corrected chi connectivity index (χ3v) is 3.09. The lowest BCUT2D eigenvalue weighted by molar-refractivity contribution is 0.409. The van der Waals surface area contributed by atoms with Crippen molar-refractivity contribution in [2.45, 2.75) is 32.7 Å². The predicted octanol–water partition coefficient (Wildman–Crippen LogP) is 3.80. The number of hydrogen-bond acceptors (Lipinski definition) is 1. The van der Waals surface area contributed by atoms with Crippen molar-refractivity contribution in [2.75, 3.05) is 7.05 Å². The molecule has 1 N–H and O–H groups in total. The van der Waals surface area contributed by atoms with Gasteiger partial charge in [0.25, 0.3) is 0 Å². The van der Waals surface area contributed by atoms with Gasteiger partial charge in [0.05, 0.1) is 0 Å². The van der Waals surface area contributed by atoms with Gasteiger partial charge in [-0.05, 0) is 37.1 Å².